The van der Waals surface area contributed by atoms with Gasteiger partial charge in [-0.15, -0.1) is 11.3 Å². The normalized spacial score (nSPS) is 11.1. The Bertz CT molecular complexity index is 499. The van der Waals surface area contributed by atoms with Crippen LogP contribution in [0.1, 0.15) is 22.2 Å². The summed E-state index contributed by atoms with van der Waals surface area (Å²) in [5.74, 6) is 4.98. The second-order valence-corrected chi connectivity index (χ2v) is 4.39. The number of thiophene rings is 1. The molecule has 1 aromatic rings. The number of hydrogen-bond acceptors (Lipinski definition) is 4. The zero-order valence-electron chi connectivity index (χ0n) is 10.2. The number of rotatable bonds is 3. The molecule has 0 aliphatic heterocycles. The zero-order chi connectivity index (χ0) is 13.5. The fourth-order valence-electron chi connectivity index (χ4n) is 1.27. The second-order valence-electron chi connectivity index (χ2n) is 3.48. The van der Waals surface area contributed by atoms with Gasteiger partial charge in [0.2, 0.25) is 5.91 Å². The van der Waals surface area contributed by atoms with Crippen molar-refractivity contribution < 1.29 is 9.59 Å². The molecule has 6 heteroatoms. The van der Waals surface area contributed by atoms with Crippen molar-refractivity contribution in [1.82, 2.24) is 10.6 Å². The van der Waals surface area contributed by atoms with Crippen LogP contribution in [-0.2, 0) is 4.79 Å². The Morgan fingerprint density at radius 3 is 2.89 bits per heavy atom. The zero-order valence-corrected chi connectivity index (χ0v) is 11.1. The van der Waals surface area contributed by atoms with Crippen LogP contribution in [-0.4, -0.2) is 31.4 Å². The van der Waals surface area contributed by atoms with E-state index in [1.54, 1.807) is 18.4 Å². The minimum Gasteiger partial charge on any atom is -0.357 e. The lowest BCUT2D eigenvalue weighted by atomic mass is 10.2. The first-order valence-corrected chi connectivity index (χ1v) is 6.27. The Morgan fingerprint density at radius 2 is 2.28 bits per heavy atom. The van der Waals surface area contributed by atoms with Crippen LogP contribution in [0.25, 0.3) is 0 Å². The van der Waals surface area contributed by atoms with Crippen molar-refractivity contribution in [2.24, 2.45) is 5.73 Å². The van der Waals surface area contributed by atoms with Gasteiger partial charge in [0, 0.05) is 12.6 Å². The van der Waals surface area contributed by atoms with E-state index >= 15 is 0 Å². The number of carbonyl (C=O) groups is 2. The van der Waals surface area contributed by atoms with Crippen molar-refractivity contribution in [3.8, 4) is 11.8 Å². The van der Waals surface area contributed by atoms with Crippen molar-refractivity contribution in [3.63, 3.8) is 0 Å². The fourth-order valence-corrected chi connectivity index (χ4v) is 2.03. The summed E-state index contributed by atoms with van der Waals surface area (Å²) in [5.41, 5.74) is 5.92. The first kappa shape index (κ1) is 14.2. The van der Waals surface area contributed by atoms with Crippen LogP contribution in [0.4, 0.5) is 0 Å². The maximum Gasteiger partial charge on any atom is 0.263 e. The summed E-state index contributed by atoms with van der Waals surface area (Å²) >= 11 is 1.28. The Hall–Kier alpha value is -1.84. The molecule has 0 spiro atoms. The molecule has 0 saturated carbocycles. The molecule has 0 aromatic carbocycles. The maximum absolute atomic E-state index is 11.9. The number of likely N-dealkylation sites (N-methyl/N-ethyl adjacent to an activating group) is 1. The molecule has 4 N–H and O–H groups in total. The molecular formula is C12H15N3O2S. The maximum atomic E-state index is 11.9. The topological polar surface area (TPSA) is 84.2 Å². The highest BCUT2D eigenvalue weighted by Gasteiger charge is 2.17. The molecule has 0 saturated heterocycles. The molecule has 0 aliphatic carbocycles. The molecule has 1 atom stereocenters. The predicted octanol–water partition coefficient (Wildman–Crippen LogP) is -0.0774. The van der Waals surface area contributed by atoms with Crippen LogP contribution >= 0.6 is 11.3 Å². The minimum atomic E-state index is -0.583. The third-order valence-electron chi connectivity index (χ3n) is 2.18. The van der Waals surface area contributed by atoms with Gasteiger partial charge in [0.25, 0.3) is 5.91 Å². The van der Waals surface area contributed by atoms with E-state index in [9.17, 15) is 9.59 Å². The third kappa shape index (κ3) is 3.58. The van der Waals surface area contributed by atoms with Gasteiger partial charge in [-0.25, -0.2) is 0 Å². The molecule has 1 unspecified atom stereocenters. The lowest BCUT2D eigenvalue weighted by Gasteiger charge is -2.11. The van der Waals surface area contributed by atoms with Gasteiger partial charge in [-0.1, -0.05) is 11.8 Å². The highest BCUT2D eigenvalue weighted by atomic mass is 32.1. The fraction of sp³-hybridized carbons (Fsp3) is 0.333. The predicted molar refractivity (Wildman–Crippen MR) is 71.2 cm³/mol. The van der Waals surface area contributed by atoms with Crippen molar-refractivity contribution in [2.75, 3.05) is 13.6 Å². The molecule has 1 heterocycles. The van der Waals surface area contributed by atoms with Gasteiger partial charge in [0.05, 0.1) is 6.54 Å². The van der Waals surface area contributed by atoms with E-state index < -0.39 is 6.04 Å². The van der Waals surface area contributed by atoms with Gasteiger partial charge in [-0.3, -0.25) is 9.59 Å². The van der Waals surface area contributed by atoms with E-state index in [0.717, 1.165) is 0 Å². The smallest absolute Gasteiger partial charge is 0.263 e. The lowest BCUT2D eigenvalue weighted by molar-refractivity contribution is -0.122. The Kier molecular flexibility index (Phi) is 5.36. The standard InChI is InChI=1S/C12H15N3O2S/c1-8(11(16)14-2)15-12(17)10-9(4-3-6-13)5-7-18-10/h5,7-8H,6,13H2,1-2H3,(H,14,16)(H,15,17). The van der Waals surface area contributed by atoms with Crippen LogP contribution in [0.2, 0.25) is 0 Å². The minimum absolute atomic E-state index is 0.241. The largest absolute Gasteiger partial charge is 0.357 e. The van der Waals surface area contributed by atoms with E-state index in [1.165, 1.54) is 18.4 Å². The van der Waals surface area contributed by atoms with E-state index in [4.69, 9.17) is 5.73 Å². The first-order chi connectivity index (χ1) is 8.60. The van der Waals surface area contributed by atoms with Crippen molar-refractivity contribution in [2.45, 2.75) is 13.0 Å². The van der Waals surface area contributed by atoms with E-state index in [1.807, 2.05) is 0 Å². The molecule has 18 heavy (non-hydrogen) atoms. The lowest BCUT2D eigenvalue weighted by Crippen LogP contribution is -2.43. The molecule has 5 nitrogen and oxygen atoms in total. The Balaban J connectivity index is 2.79. The van der Waals surface area contributed by atoms with Gasteiger partial charge >= 0.3 is 0 Å². The molecule has 0 radical (unpaired) electrons. The van der Waals surface area contributed by atoms with Crippen LogP contribution < -0.4 is 16.4 Å². The average Bonchev–Trinajstić information content (AvgIpc) is 2.83. The van der Waals surface area contributed by atoms with Crippen LogP contribution in [0.5, 0.6) is 0 Å². The molecule has 0 bridgehead atoms. The molecular weight excluding hydrogens is 250 g/mol. The second kappa shape index (κ2) is 6.79. The molecule has 1 rings (SSSR count). The van der Waals surface area contributed by atoms with Gasteiger partial charge in [-0.05, 0) is 18.4 Å². The summed E-state index contributed by atoms with van der Waals surface area (Å²) in [7, 11) is 1.52. The Labute approximate surface area is 110 Å². The van der Waals surface area contributed by atoms with Crippen molar-refractivity contribution >= 4 is 23.2 Å². The van der Waals surface area contributed by atoms with Gasteiger partial charge < -0.3 is 16.4 Å². The highest BCUT2D eigenvalue weighted by molar-refractivity contribution is 7.12. The van der Waals surface area contributed by atoms with Gasteiger partial charge in [0.1, 0.15) is 10.9 Å². The summed E-state index contributed by atoms with van der Waals surface area (Å²) in [6.45, 7) is 1.86. The monoisotopic (exact) mass is 265 g/mol. The summed E-state index contributed by atoms with van der Waals surface area (Å²) in [6.07, 6.45) is 0. The summed E-state index contributed by atoms with van der Waals surface area (Å²) in [4.78, 5) is 23.7. The summed E-state index contributed by atoms with van der Waals surface area (Å²) in [6, 6.07) is 1.17. The molecule has 2 amide bonds. The van der Waals surface area contributed by atoms with E-state index in [2.05, 4.69) is 22.5 Å². The number of amides is 2. The molecule has 0 aliphatic rings. The Morgan fingerprint density at radius 1 is 1.56 bits per heavy atom. The molecule has 96 valence electrons. The van der Waals surface area contributed by atoms with Crippen LogP contribution in [0, 0.1) is 11.8 Å². The SMILES string of the molecule is CNC(=O)C(C)NC(=O)c1sccc1C#CCN. The summed E-state index contributed by atoms with van der Waals surface area (Å²) in [5, 5.41) is 6.86. The highest BCUT2D eigenvalue weighted by Crippen LogP contribution is 2.15. The quantitative estimate of drug-likeness (QED) is 0.668. The number of nitrogens with two attached hydrogens (primary N) is 1. The molecule has 1 aromatic heterocycles. The van der Waals surface area contributed by atoms with Gasteiger partial charge in [0.15, 0.2) is 0 Å². The number of nitrogens with one attached hydrogen (secondary N) is 2. The van der Waals surface area contributed by atoms with Crippen LogP contribution in [0.3, 0.4) is 0 Å². The first-order valence-electron chi connectivity index (χ1n) is 5.39. The third-order valence-corrected chi connectivity index (χ3v) is 3.10. The van der Waals surface area contributed by atoms with Crippen LogP contribution in [0.15, 0.2) is 11.4 Å². The number of carbonyl (C=O) groups excluding carboxylic acids is 2. The van der Waals surface area contributed by atoms with E-state index in [-0.39, 0.29) is 18.4 Å². The van der Waals surface area contributed by atoms with Gasteiger partial charge in [-0.2, -0.15) is 0 Å². The number of hydrogen-bond donors (Lipinski definition) is 3. The summed E-state index contributed by atoms with van der Waals surface area (Å²) < 4.78 is 0. The van der Waals surface area contributed by atoms with Crippen molar-refractivity contribution in [1.29, 1.82) is 0 Å². The molecule has 0 fully saturated rings. The van der Waals surface area contributed by atoms with E-state index in [0.29, 0.717) is 10.4 Å². The average molecular weight is 265 g/mol. The van der Waals surface area contributed by atoms with Crippen molar-refractivity contribution in [3.05, 3.63) is 21.9 Å².